The van der Waals surface area contributed by atoms with Gasteiger partial charge in [0.1, 0.15) is 24.9 Å². The van der Waals surface area contributed by atoms with Crippen LogP contribution >= 0.6 is 0 Å². The van der Waals surface area contributed by atoms with Crippen molar-refractivity contribution < 1.29 is 29.7 Å². The number of carbonyl (C=O) groups is 1. The molecule has 4 N–H and O–H groups in total. The summed E-state index contributed by atoms with van der Waals surface area (Å²) in [7, 11) is 0. The summed E-state index contributed by atoms with van der Waals surface area (Å²) in [5.74, 6) is -0.623. The number of nitrogens with one attached hydrogen (secondary N) is 1. The molecule has 0 amide bonds. The maximum Gasteiger partial charge on any atom is 0.351 e. The first-order valence-corrected chi connectivity index (χ1v) is 9.10. The molecule has 2 heterocycles. The third-order valence-corrected chi connectivity index (χ3v) is 4.55. The van der Waals surface area contributed by atoms with Gasteiger partial charge in [0.15, 0.2) is 12.0 Å². The molecule has 0 aliphatic carbocycles. The molecule has 0 bridgehead atoms. The fourth-order valence-electron chi connectivity index (χ4n) is 3.12. The summed E-state index contributed by atoms with van der Waals surface area (Å²) in [5.41, 5.74) is 0.960. The van der Waals surface area contributed by atoms with Crippen molar-refractivity contribution in [1.82, 2.24) is 9.55 Å². The van der Waals surface area contributed by atoms with Gasteiger partial charge < -0.3 is 19.7 Å². The summed E-state index contributed by atoms with van der Waals surface area (Å²) >= 11 is 0. The number of nitrogens with zero attached hydrogens (tertiary/aromatic N) is 2. The number of aliphatic hydroxyl groups is 2. The molecule has 27 heavy (non-hydrogen) atoms. The fraction of sp³-hybridized carbons (Fsp3) is 0.706. The number of aliphatic hydroxyl groups excluding tert-OH is 2. The number of ether oxygens (including phenoxy) is 2. The van der Waals surface area contributed by atoms with Crippen molar-refractivity contribution in [3.63, 3.8) is 0 Å². The Labute approximate surface area is 156 Å². The number of rotatable bonds is 9. The Balaban J connectivity index is 2.02. The second-order valence-electron chi connectivity index (χ2n) is 6.57. The van der Waals surface area contributed by atoms with Crippen LogP contribution in [0.25, 0.3) is 0 Å². The van der Waals surface area contributed by atoms with Gasteiger partial charge in [0.2, 0.25) is 0 Å². The van der Waals surface area contributed by atoms with E-state index in [2.05, 4.69) is 4.98 Å². The van der Waals surface area contributed by atoms with Crippen molar-refractivity contribution in [3.8, 4) is 0 Å². The molecule has 0 unspecified atom stereocenters. The zero-order valence-corrected chi connectivity index (χ0v) is 15.4. The first kappa shape index (κ1) is 21.3. The zero-order valence-electron chi connectivity index (χ0n) is 15.4. The van der Waals surface area contributed by atoms with Crippen LogP contribution in [0, 0.1) is 5.92 Å². The molecule has 152 valence electrons. The fourth-order valence-corrected chi connectivity index (χ4v) is 3.12. The van der Waals surface area contributed by atoms with Gasteiger partial charge in [0, 0.05) is 6.20 Å². The molecule has 1 saturated heterocycles. The molecule has 0 spiro atoms. The Bertz CT molecular complexity index is 675. The first-order valence-electron chi connectivity index (χ1n) is 9.10. The molecule has 1 aliphatic heterocycles. The third-order valence-electron chi connectivity index (χ3n) is 4.55. The first-order chi connectivity index (χ1) is 12.9. The average Bonchev–Trinajstić information content (AvgIpc) is 2.94. The van der Waals surface area contributed by atoms with E-state index in [0.29, 0.717) is 0 Å². The number of hydrogen-bond donors (Lipinski definition) is 4. The van der Waals surface area contributed by atoms with Gasteiger partial charge >= 0.3 is 11.7 Å². The number of esters is 1. The topological polar surface area (TPSA) is 143 Å². The van der Waals surface area contributed by atoms with Crippen LogP contribution in [0.4, 0.5) is 5.82 Å². The lowest BCUT2D eigenvalue weighted by Gasteiger charge is -2.18. The van der Waals surface area contributed by atoms with Gasteiger partial charge in [0.25, 0.3) is 0 Å². The van der Waals surface area contributed by atoms with E-state index in [1.807, 2.05) is 13.8 Å². The maximum absolute atomic E-state index is 12.2. The zero-order chi connectivity index (χ0) is 20.0. The molecule has 1 aromatic rings. The second-order valence-corrected chi connectivity index (χ2v) is 6.57. The Morgan fingerprint density at radius 3 is 2.56 bits per heavy atom. The molecule has 0 saturated carbocycles. The van der Waals surface area contributed by atoms with Gasteiger partial charge in [-0.25, -0.2) is 4.79 Å². The molecule has 1 aromatic heterocycles. The van der Waals surface area contributed by atoms with E-state index in [4.69, 9.17) is 14.7 Å². The average molecular weight is 385 g/mol. The molecular formula is C17H27N3O7. The normalized spacial score (nSPS) is 25.0. The predicted octanol–water partition coefficient (Wildman–Crippen LogP) is 0.423. The molecule has 0 aromatic carbocycles. The van der Waals surface area contributed by atoms with Gasteiger partial charge in [-0.15, -0.1) is 0 Å². The van der Waals surface area contributed by atoms with Crippen molar-refractivity contribution in [2.24, 2.45) is 5.92 Å². The van der Waals surface area contributed by atoms with Crippen molar-refractivity contribution in [1.29, 1.82) is 0 Å². The number of aromatic nitrogens is 2. The minimum Gasteiger partial charge on any atom is -0.463 e. The Hall–Kier alpha value is -2.01. The maximum atomic E-state index is 12.2. The third kappa shape index (κ3) is 5.04. The standard InChI is InChI=1S/C17H27N3O7/c1-3-5-10(6-4-2)16(23)26-9-11-13(21)14(22)15(27-11)20-8-7-12(19-25)18-17(20)24/h7-8,10-11,13-15,21-22,25H,3-6,9H2,1-2H3,(H,18,19,24)/t11-,13-,14-,15-/m1/s1. The lowest BCUT2D eigenvalue weighted by Crippen LogP contribution is -2.36. The van der Waals surface area contributed by atoms with Crippen molar-refractivity contribution in [3.05, 3.63) is 22.7 Å². The summed E-state index contributed by atoms with van der Waals surface area (Å²) in [6, 6.07) is 1.30. The molecule has 1 aliphatic rings. The Morgan fingerprint density at radius 2 is 2.00 bits per heavy atom. The van der Waals surface area contributed by atoms with Gasteiger partial charge in [-0.2, -0.15) is 4.98 Å². The van der Waals surface area contributed by atoms with Crippen molar-refractivity contribution in [2.45, 2.75) is 64.1 Å². The highest BCUT2D eigenvalue weighted by molar-refractivity contribution is 5.72. The minimum atomic E-state index is -1.40. The molecule has 10 heteroatoms. The summed E-state index contributed by atoms with van der Waals surface area (Å²) < 4.78 is 11.8. The lowest BCUT2D eigenvalue weighted by atomic mass is 9.99. The van der Waals surface area contributed by atoms with Crippen molar-refractivity contribution in [2.75, 3.05) is 12.1 Å². The number of hydrogen-bond acceptors (Lipinski definition) is 9. The van der Waals surface area contributed by atoms with Crippen LogP contribution in [-0.4, -0.2) is 55.9 Å². The second kappa shape index (κ2) is 9.79. The van der Waals surface area contributed by atoms with Gasteiger partial charge in [-0.3, -0.25) is 20.0 Å². The van der Waals surface area contributed by atoms with E-state index >= 15 is 0 Å². The summed E-state index contributed by atoms with van der Waals surface area (Å²) in [4.78, 5) is 27.8. The highest BCUT2D eigenvalue weighted by Crippen LogP contribution is 2.29. The smallest absolute Gasteiger partial charge is 0.351 e. The van der Waals surface area contributed by atoms with Crippen molar-refractivity contribution >= 4 is 11.8 Å². The summed E-state index contributed by atoms with van der Waals surface area (Å²) in [6.07, 6.45) is -0.462. The van der Waals surface area contributed by atoms with Gasteiger partial charge in [-0.05, 0) is 18.9 Å². The summed E-state index contributed by atoms with van der Waals surface area (Å²) in [6.45, 7) is 3.75. The molecule has 2 rings (SSSR count). The highest BCUT2D eigenvalue weighted by Gasteiger charge is 2.44. The molecule has 0 radical (unpaired) electrons. The largest absolute Gasteiger partial charge is 0.463 e. The molecule has 10 nitrogen and oxygen atoms in total. The van der Waals surface area contributed by atoms with E-state index in [9.17, 15) is 19.8 Å². The van der Waals surface area contributed by atoms with E-state index < -0.39 is 30.2 Å². The molecular weight excluding hydrogens is 358 g/mol. The molecule has 4 atom stereocenters. The SMILES string of the molecule is CCCC(CCC)C(=O)OC[C@H]1O[C@@H](n2ccc(NO)nc2=O)[C@H](O)[C@@H]1O. The number of anilines is 1. The van der Waals surface area contributed by atoms with Crippen LogP contribution in [0.5, 0.6) is 0 Å². The van der Waals surface area contributed by atoms with Crippen LogP contribution in [0.15, 0.2) is 17.1 Å². The number of carbonyl (C=O) groups excluding carboxylic acids is 1. The lowest BCUT2D eigenvalue weighted by molar-refractivity contribution is -0.155. The van der Waals surface area contributed by atoms with Gasteiger partial charge in [0.05, 0.1) is 5.92 Å². The van der Waals surface area contributed by atoms with Gasteiger partial charge in [-0.1, -0.05) is 26.7 Å². The quantitative estimate of drug-likeness (QED) is 0.351. The summed E-state index contributed by atoms with van der Waals surface area (Å²) in [5, 5.41) is 29.2. The Morgan fingerprint density at radius 1 is 1.33 bits per heavy atom. The van der Waals surface area contributed by atoms with Crippen LogP contribution < -0.4 is 11.2 Å². The van der Waals surface area contributed by atoms with E-state index in [-0.39, 0.29) is 24.3 Å². The van der Waals surface area contributed by atoms with Crippen LogP contribution in [0.1, 0.15) is 45.8 Å². The predicted molar refractivity (Wildman–Crippen MR) is 94.1 cm³/mol. The van der Waals surface area contributed by atoms with E-state index in [1.54, 1.807) is 5.48 Å². The minimum absolute atomic E-state index is 0.0624. The van der Waals surface area contributed by atoms with E-state index in [0.717, 1.165) is 30.3 Å². The van der Waals surface area contributed by atoms with Crippen LogP contribution in [-0.2, 0) is 14.3 Å². The monoisotopic (exact) mass is 385 g/mol. The van der Waals surface area contributed by atoms with Crippen LogP contribution in [0.2, 0.25) is 0 Å². The van der Waals surface area contributed by atoms with Crippen LogP contribution in [0.3, 0.4) is 0 Å². The molecule has 1 fully saturated rings. The Kier molecular flexibility index (Phi) is 7.72. The van der Waals surface area contributed by atoms with E-state index in [1.165, 1.54) is 12.3 Å². The highest BCUT2D eigenvalue weighted by atomic mass is 16.6.